The monoisotopic (exact) mass is 262 g/mol. The molecular formula is C16H26N2O. The summed E-state index contributed by atoms with van der Waals surface area (Å²) in [6.45, 7) is 8.84. The maximum atomic E-state index is 5.92. The average Bonchev–Trinajstić information content (AvgIpc) is 3.15. The van der Waals surface area contributed by atoms with E-state index >= 15 is 0 Å². The van der Waals surface area contributed by atoms with Crippen molar-refractivity contribution in [3.63, 3.8) is 0 Å². The molecule has 0 unspecified atom stereocenters. The van der Waals surface area contributed by atoms with Gasteiger partial charge in [-0.1, -0.05) is 6.92 Å². The quantitative estimate of drug-likeness (QED) is 0.884. The molecule has 0 radical (unpaired) electrons. The summed E-state index contributed by atoms with van der Waals surface area (Å²) >= 11 is 0. The minimum absolute atomic E-state index is 0.765. The van der Waals surface area contributed by atoms with Crippen LogP contribution in [-0.4, -0.2) is 24.0 Å². The molecule has 1 aromatic heterocycles. The normalized spacial score (nSPS) is 22.0. The lowest BCUT2D eigenvalue weighted by Gasteiger charge is -2.29. The van der Waals surface area contributed by atoms with Crippen molar-refractivity contribution in [1.29, 1.82) is 0 Å². The molecule has 0 amide bonds. The molecule has 0 bridgehead atoms. The molecule has 1 aromatic rings. The molecule has 1 saturated heterocycles. The number of nitrogens with one attached hydrogen (secondary N) is 1. The molecule has 2 heterocycles. The standard InChI is InChI=1S/C16H26N2O/c1-12-5-7-18(8-6-12)11-16-9-14(13(2)19-16)10-17-15-3-4-15/h9,12,15,17H,3-8,10-11H2,1-2H3. The maximum absolute atomic E-state index is 5.92. The van der Waals surface area contributed by atoms with E-state index in [1.807, 2.05) is 0 Å². The highest BCUT2D eigenvalue weighted by molar-refractivity contribution is 5.21. The third-order valence-electron chi connectivity index (χ3n) is 4.49. The molecule has 3 nitrogen and oxygen atoms in total. The summed E-state index contributed by atoms with van der Waals surface area (Å²) in [5, 5.41) is 3.56. The van der Waals surface area contributed by atoms with Gasteiger partial charge >= 0.3 is 0 Å². The minimum Gasteiger partial charge on any atom is -0.465 e. The largest absolute Gasteiger partial charge is 0.465 e. The molecule has 3 heteroatoms. The smallest absolute Gasteiger partial charge is 0.118 e. The Bertz CT molecular complexity index is 414. The topological polar surface area (TPSA) is 28.4 Å². The number of piperidine rings is 1. The van der Waals surface area contributed by atoms with E-state index < -0.39 is 0 Å². The average molecular weight is 262 g/mol. The third kappa shape index (κ3) is 3.61. The van der Waals surface area contributed by atoms with Crippen LogP contribution in [-0.2, 0) is 13.1 Å². The lowest BCUT2D eigenvalue weighted by molar-refractivity contribution is 0.173. The molecule has 19 heavy (non-hydrogen) atoms. The zero-order chi connectivity index (χ0) is 13.2. The number of hydrogen-bond donors (Lipinski definition) is 1. The molecule has 1 N–H and O–H groups in total. The van der Waals surface area contributed by atoms with E-state index in [-0.39, 0.29) is 0 Å². The van der Waals surface area contributed by atoms with Crippen molar-refractivity contribution in [1.82, 2.24) is 10.2 Å². The first-order valence-electron chi connectivity index (χ1n) is 7.74. The molecule has 0 atom stereocenters. The number of rotatable bonds is 5. The summed E-state index contributed by atoms with van der Waals surface area (Å²) in [4.78, 5) is 2.52. The molecule has 2 fully saturated rings. The molecule has 1 saturated carbocycles. The summed E-state index contributed by atoms with van der Waals surface area (Å²) in [7, 11) is 0. The molecular weight excluding hydrogens is 236 g/mol. The van der Waals surface area contributed by atoms with Gasteiger partial charge in [-0.05, 0) is 57.7 Å². The second-order valence-electron chi connectivity index (χ2n) is 6.41. The Morgan fingerprint density at radius 1 is 1.26 bits per heavy atom. The van der Waals surface area contributed by atoms with Crippen LogP contribution >= 0.6 is 0 Å². The third-order valence-corrected chi connectivity index (χ3v) is 4.49. The summed E-state index contributed by atoms with van der Waals surface area (Å²) in [5.74, 6) is 3.13. The van der Waals surface area contributed by atoms with E-state index in [0.717, 1.165) is 36.6 Å². The molecule has 3 rings (SSSR count). The Morgan fingerprint density at radius 3 is 2.68 bits per heavy atom. The van der Waals surface area contributed by atoms with Gasteiger partial charge in [-0.25, -0.2) is 0 Å². The lowest BCUT2D eigenvalue weighted by Crippen LogP contribution is -2.32. The zero-order valence-corrected chi connectivity index (χ0v) is 12.2. The SMILES string of the molecule is Cc1oc(CN2CCC(C)CC2)cc1CNC1CC1. The fourth-order valence-corrected chi connectivity index (χ4v) is 2.82. The fraction of sp³-hybridized carbons (Fsp3) is 0.750. The second kappa shape index (κ2) is 5.68. The van der Waals surface area contributed by atoms with Gasteiger partial charge in [0.15, 0.2) is 0 Å². The molecule has 0 aromatic carbocycles. The van der Waals surface area contributed by atoms with Gasteiger partial charge in [0.2, 0.25) is 0 Å². The van der Waals surface area contributed by atoms with Crippen LogP contribution in [0.25, 0.3) is 0 Å². The van der Waals surface area contributed by atoms with E-state index in [4.69, 9.17) is 4.42 Å². The Hall–Kier alpha value is -0.800. The predicted molar refractivity (Wildman–Crippen MR) is 77.0 cm³/mol. The Balaban J connectivity index is 1.53. The van der Waals surface area contributed by atoms with Crippen molar-refractivity contribution >= 4 is 0 Å². The van der Waals surface area contributed by atoms with Crippen molar-refractivity contribution in [2.24, 2.45) is 5.92 Å². The molecule has 0 spiro atoms. The fourth-order valence-electron chi connectivity index (χ4n) is 2.82. The van der Waals surface area contributed by atoms with Crippen molar-refractivity contribution in [2.45, 2.75) is 58.7 Å². The number of furan rings is 1. The first kappa shape index (κ1) is 13.2. The van der Waals surface area contributed by atoms with E-state index in [1.54, 1.807) is 0 Å². The van der Waals surface area contributed by atoms with Gasteiger partial charge in [-0.15, -0.1) is 0 Å². The van der Waals surface area contributed by atoms with Gasteiger partial charge < -0.3 is 9.73 Å². The van der Waals surface area contributed by atoms with Gasteiger partial charge in [0.05, 0.1) is 6.54 Å². The van der Waals surface area contributed by atoms with Crippen LogP contribution in [0.5, 0.6) is 0 Å². The highest BCUT2D eigenvalue weighted by atomic mass is 16.3. The first-order valence-corrected chi connectivity index (χ1v) is 7.74. The van der Waals surface area contributed by atoms with E-state index in [2.05, 4.69) is 30.1 Å². The van der Waals surface area contributed by atoms with Crippen LogP contribution in [0.4, 0.5) is 0 Å². The van der Waals surface area contributed by atoms with Crippen molar-refractivity contribution in [3.05, 3.63) is 23.2 Å². The second-order valence-corrected chi connectivity index (χ2v) is 6.41. The predicted octanol–water partition coefficient (Wildman–Crippen LogP) is 3.07. The van der Waals surface area contributed by atoms with Gasteiger partial charge in [0, 0.05) is 18.2 Å². The molecule has 1 aliphatic heterocycles. The highest BCUT2D eigenvalue weighted by Crippen LogP contribution is 2.23. The first-order chi connectivity index (χ1) is 9.20. The lowest BCUT2D eigenvalue weighted by atomic mass is 9.99. The maximum Gasteiger partial charge on any atom is 0.118 e. The summed E-state index contributed by atoms with van der Waals surface area (Å²) in [5.41, 5.74) is 1.34. The number of aryl methyl sites for hydroxylation is 1. The Kier molecular flexibility index (Phi) is 3.94. The number of nitrogens with zero attached hydrogens (tertiary/aromatic N) is 1. The zero-order valence-electron chi connectivity index (χ0n) is 12.2. The van der Waals surface area contributed by atoms with Crippen molar-refractivity contribution in [3.8, 4) is 0 Å². The van der Waals surface area contributed by atoms with E-state index in [9.17, 15) is 0 Å². The molecule has 106 valence electrons. The van der Waals surface area contributed by atoms with Gasteiger partial charge in [0.25, 0.3) is 0 Å². The van der Waals surface area contributed by atoms with Gasteiger partial charge in [-0.3, -0.25) is 4.90 Å². The van der Waals surface area contributed by atoms with Crippen LogP contribution < -0.4 is 5.32 Å². The Labute approximate surface area is 116 Å². The molecule has 2 aliphatic rings. The van der Waals surface area contributed by atoms with Crippen LogP contribution in [0.15, 0.2) is 10.5 Å². The highest BCUT2D eigenvalue weighted by Gasteiger charge is 2.21. The van der Waals surface area contributed by atoms with Crippen molar-refractivity contribution < 1.29 is 4.42 Å². The summed E-state index contributed by atoms with van der Waals surface area (Å²) < 4.78 is 5.92. The van der Waals surface area contributed by atoms with Gasteiger partial charge in [-0.2, -0.15) is 0 Å². The van der Waals surface area contributed by atoms with Crippen LogP contribution in [0, 0.1) is 12.8 Å². The van der Waals surface area contributed by atoms with E-state index in [1.165, 1.54) is 44.3 Å². The number of hydrogen-bond acceptors (Lipinski definition) is 3. The molecule has 1 aliphatic carbocycles. The van der Waals surface area contributed by atoms with E-state index in [0.29, 0.717) is 0 Å². The Morgan fingerprint density at radius 2 is 2.00 bits per heavy atom. The summed E-state index contributed by atoms with van der Waals surface area (Å²) in [6.07, 6.45) is 5.34. The van der Waals surface area contributed by atoms with Crippen LogP contribution in [0.2, 0.25) is 0 Å². The van der Waals surface area contributed by atoms with Crippen LogP contribution in [0.1, 0.15) is 49.7 Å². The summed E-state index contributed by atoms with van der Waals surface area (Å²) in [6, 6.07) is 3.02. The van der Waals surface area contributed by atoms with Crippen molar-refractivity contribution in [2.75, 3.05) is 13.1 Å². The minimum atomic E-state index is 0.765. The number of likely N-dealkylation sites (tertiary alicyclic amines) is 1. The van der Waals surface area contributed by atoms with Gasteiger partial charge in [0.1, 0.15) is 11.5 Å². The van der Waals surface area contributed by atoms with Crippen LogP contribution in [0.3, 0.4) is 0 Å².